The lowest BCUT2D eigenvalue weighted by molar-refractivity contribution is -0.141. The molecular formula is C16H20O2. The summed E-state index contributed by atoms with van der Waals surface area (Å²) in [4.78, 5) is 11.5. The third-order valence-corrected chi connectivity index (χ3v) is 2.37. The van der Waals surface area contributed by atoms with E-state index in [-0.39, 0.29) is 5.97 Å². The second-order valence-electron chi connectivity index (χ2n) is 3.99. The van der Waals surface area contributed by atoms with Crippen molar-refractivity contribution in [3.8, 4) is 0 Å². The third kappa shape index (κ3) is 6.69. The largest absolute Gasteiger partial charge is 0.461 e. The van der Waals surface area contributed by atoms with Crippen molar-refractivity contribution in [2.45, 2.75) is 26.2 Å². The number of esters is 1. The first-order valence-corrected chi connectivity index (χ1v) is 6.34. The lowest BCUT2D eigenvalue weighted by Crippen LogP contribution is -2.07. The van der Waals surface area contributed by atoms with Crippen molar-refractivity contribution in [2.75, 3.05) is 6.61 Å². The van der Waals surface area contributed by atoms with Gasteiger partial charge in [0.15, 0.2) is 0 Å². The van der Waals surface area contributed by atoms with E-state index < -0.39 is 0 Å². The summed E-state index contributed by atoms with van der Waals surface area (Å²) in [6.07, 6.45) is 10.4. The van der Waals surface area contributed by atoms with Crippen LogP contribution >= 0.6 is 0 Å². The zero-order valence-corrected chi connectivity index (χ0v) is 10.8. The summed E-state index contributed by atoms with van der Waals surface area (Å²) < 4.78 is 5.09. The molecule has 2 heteroatoms. The van der Waals surface area contributed by atoms with Gasteiger partial charge in [-0.05, 0) is 18.1 Å². The zero-order chi connectivity index (χ0) is 13.1. The van der Waals surface area contributed by atoms with Crippen LogP contribution in [0.3, 0.4) is 0 Å². The van der Waals surface area contributed by atoms with Crippen LogP contribution in [0.1, 0.15) is 25.3 Å². The molecule has 1 aromatic rings. The van der Waals surface area contributed by atoms with E-state index in [0.29, 0.717) is 13.0 Å². The molecule has 0 aromatic heterocycles. The first-order chi connectivity index (χ1) is 8.83. The minimum absolute atomic E-state index is 0.191. The normalized spacial score (nSPS) is 11.2. The Morgan fingerprint density at radius 2 is 1.89 bits per heavy atom. The summed E-state index contributed by atoms with van der Waals surface area (Å²) in [5.41, 5.74) is 0.981. The molecule has 0 amide bonds. The van der Waals surface area contributed by atoms with Crippen molar-refractivity contribution >= 4 is 5.97 Å². The predicted octanol–water partition coefficient (Wildman–Crippen LogP) is 3.68. The van der Waals surface area contributed by atoms with Crippen LogP contribution in [0.25, 0.3) is 0 Å². The molecule has 0 atom stereocenters. The first-order valence-electron chi connectivity index (χ1n) is 6.34. The van der Waals surface area contributed by atoms with Crippen LogP contribution in [0.15, 0.2) is 54.6 Å². The first kappa shape index (κ1) is 14.2. The number of allylic oxidation sites excluding steroid dienone is 3. The van der Waals surface area contributed by atoms with E-state index in [2.05, 4.69) is 13.0 Å². The summed E-state index contributed by atoms with van der Waals surface area (Å²) >= 11 is 0. The van der Waals surface area contributed by atoms with E-state index in [0.717, 1.165) is 18.4 Å². The fraction of sp³-hybridized carbons (Fsp3) is 0.312. The fourth-order valence-corrected chi connectivity index (χ4v) is 1.43. The van der Waals surface area contributed by atoms with Crippen molar-refractivity contribution in [1.82, 2.24) is 0 Å². The lowest BCUT2D eigenvalue weighted by atomic mass is 10.2. The molecule has 0 saturated heterocycles. The number of unbranched alkanes of at least 4 members (excludes halogenated alkanes) is 1. The van der Waals surface area contributed by atoms with E-state index in [4.69, 9.17) is 4.74 Å². The minimum Gasteiger partial charge on any atom is -0.461 e. The van der Waals surface area contributed by atoms with Gasteiger partial charge in [-0.2, -0.15) is 0 Å². The Labute approximate surface area is 109 Å². The van der Waals surface area contributed by atoms with Gasteiger partial charge < -0.3 is 4.74 Å². The number of hydrogen-bond donors (Lipinski definition) is 0. The lowest BCUT2D eigenvalue weighted by Gasteiger charge is -2.01. The van der Waals surface area contributed by atoms with Crippen LogP contribution in [0.4, 0.5) is 0 Å². The molecule has 0 aliphatic heterocycles. The molecule has 0 fully saturated rings. The molecule has 1 rings (SSSR count). The molecule has 0 bridgehead atoms. The van der Waals surface area contributed by atoms with Crippen molar-refractivity contribution in [3.63, 3.8) is 0 Å². The van der Waals surface area contributed by atoms with E-state index in [9.17, 15) is 4.79 Å². The molecular weight excluding hydrogens is 224 g/mol. The van der Waals surface area contributed by atoms with Crippen LogP contribution in [0.5, 0.6) is 0 Å². The third-order valence-electron chi connectivity index (χ3n) is 2.37. The van der Waals surface area contributed by atoms with E-state index in [1.54, 1.807) is 0 Å². The smallest absolute Gasteiger partial charge is 0.310 e. The van der Waals surface area contributed by atoms with Crippen molar-refractivity contribution in [1.29, 1.82) is 0 Å². The highest BCUT2D eigenvalue weighted by atomic mass is 16.5. The van der Waals surface area contributed by atoms with E-state index in [1.807, 2.05) is 48.6 Å². The van der Waals surface area contributed by atoms with Gasteiger partial charge in [0.2, 0.25) is 0 Å². The molecule has 0 radical (unpaired) electrons. The van der Waals surface area contributed by atoms with Crippen LogP contribution in [-0.2, 0) is 16.0 Å². The van der Waals surface area contributed by atoms with E-state index >= 15 is 0 Å². The molecule has 0 N–H and O–H groups in total. The van der Waals surface area contributed by atoms with Gasteiger partial charge in [-0.3, -0.25) is 4.79 Å². The van der Waals surface area contributed by atoms with Gasteiger partial charge >= 0.3 is 5.97 Å². The van der Waals surface area contributed by atoms with Crippen LogP contribution in [0.2, 0.25) is 0 Å². The van der Waals surface area contributed by atoms with Gasteiger partial charge in [0.05, 0.1) is 6.42 Å². The average molecular weight is 244 g/mol. The quantitative estimate of drug-likeness (QED) is 0.540. The Morgan fingerprint density at radius 1 is 1.17 bits per heavy atom. The van der Waals surface area contributed by atoms with Crippen LogP contribution in [0, 0.1) is 0 Å². The summed E-state index contributed by atoms with van der Waals surface area (Å²) in [6.45, 7) is 2.47. The maximum Gasteiger partial charge on any atom is 0.310 e. The van der Waals surface area contributed by atoms with Crippen molar-refractivity contribution < 1.29 is 9.53 Å². The number of carbonyl (C=O) groups is 1. The van der Waals surface area contributed by atoms with Crippen LogP contribution in [-0.4, -0.2) is 12.6 Å². The predicted molar refractivity (Wildman–Crippen MR) is 74.3 cm³/mol. The van der Waals surface area contributed by atoms with Gasteiger partial charge in [0, 0.05) is 0 Å². The molecule has 0 aliphatic rings. The van der Waals surface area contributed by atoms with Gasteiger partial charge in [-0.25, -0.2) is 0 Å². The molecule has 18 heavy (non-hydrogen) atoms. The highest BCUT2D eigenvalue weighted by molar-refractivity contribution is 5.72. The molecule has 1 aromatic carbocycles. The van der Waals surface area contributed by atoms with Crippen LogP contribution < -0.4 is 0 Å². The molecule has 0 spiro atoms. The second-order valence-corrected chi connectivity index (χ2v) is 3.99. The average Bonchev–Trinajstić information content (AvgIpc) is 2.39. The van der Waals surface area contributed by atoms with Crippen molar-refractivity contribution in [3.05, 3.63) is 60.2 Å². The molecule has 0 aliphatic carbocycles. The van der Waals surface area contributed by atoms with Crippen molar-refractivity contribution in [2.24, 2.45) is 0 Å². The Morgan fingerprint density at radius 3 is 2.61 bits per heavy atom. The molecule has 96 valence electrons. The summed E-state index contributed by atoms with van der Waals surface area (Å²) in [5.74, 6) is -0.191. The Bertz CT molecular complexity index is 391. The fourth-order valence-electron chi connectivity index (χ4n) is 1.43. The summed E-state index contributed by atoms with van der Waals surface area (Å²) in [7, 11) is 0. The zero-order valence-electron chi connectivity index (χ0n) is 10.8. The van der Waals surface area contributed by atoms with Gasteiger partial charge in [-0.1, -0.05) is 61.9 Å². The van der Waals surface area contributed by atoms with Gasteiger partial charge in [0.1, 0.15) is 6.61 Å². The van der Waals surface area contributed by atoms with E-state index in [1.165, 1.54) is 0 Å². The minimum atomic E-state index is -0.191. The summed E-state index contributed by atoms with van der Waals surface area (Å²) in [5, 5.41) is 0. The monoisotopic (exact) mass is 244 g/mol. The Kier molecular flexibility index (Phi) is 7.29. The number of rotatable bonds is 7. The molecule has 0 saturated carbocycles. The SMILES string of the molecule is CCCC=CC=CCOC(=O)Cc1ccccc1. The highest BCUT2D eigenvalue weighted by Gasteiger charge is 2.02. The molecule has 0 unspecified atom stereocenters. The maximum absolute atomic E-state index is 11.5. The summed E-state index contributed by atoms with van der Waals surface area (Å²) in [6, 6.07) is 9.61. The Hall–Kier alpha value is -1.83. The number of ether oxygens (including phenoxy) is 1. The molecule has 2 nitrogen and oxygen atoms in total. The maximum atomic E-state index is 11.5. The number of carbonyl (C=O) groups excluding carboxylic acids is 1. The second kappa shape index (κ2) is 9.23. The Balaban J connectivity index is 2.18. The van der Waals surface area contributed by atoms with Gasteiger partial charge in [0.25, 0.3) is 0 Å². The number of benzene rings is 1. The van der Waals surface area contributed by atoms with Gasteiger partial charge in [-0.15, -0.1) is 0 Å². The highest BCUT2D eigenvalue weighted by Crippen LogP contribution is 2.00. The topological polar surface area (TPSA) is 26.3 Å². The molecule has 0 heterocycles. The standard InChI is InChI=1S/C16H20O2/c1-2-3-4-5-6-10-13-18-16(17)14-15-11-8-7-9-12-15/h4-12H,2-3,13-14H2,1H3. The number of hydrogen-bond acceptors (Lipinski definition) is 2.